The van der Waals surface area contributed by atoms with Gasteiger partial charge in [-0.2, -0.15) is 5.10 Å². The monoisotopic (exact) mass is 403 g/mol. The Labute approximate surface area is 168 Å². The fraction of sp³-hybridized carbons (Fsp3) is 0.0476. The van der Waals surface area contributed by atoms with Crippen LogP contribution < -0.4 is 5.32 Å². The number of amides is 1. The second-order valence-electron chi connectivity index (χ2n) is 6.51. The van der Waals surface area contributed by atoms with Gasteiger partial charge >= 0.3 is 0 Å². The number of rotatable bonds is 4. The highest BCUT2D eigenvalue weighted by Gasteiger charge is 2.13. The molecule has 0 aliphatic carbocycles. The van der Waals surface area contributed by atoms with Crippen molar-refractivity contribution in [2.75, 3.05) is 5.32 Å². The highest BCUT2D eigenvalue weighted by molar-refractivity contribution is 7.22. The average molecular weight is 403 g/mol. The van der Waals surface area contributed by atoms with Gasteiger partial charge in [-0.1, -0.05) is 41.7 Å². The molecule has 29 heavy (non-hydrogen) atoms. The standard InChI is InChI=1S/C21H14FN5OS/c22-16-6-7-17-18(9-16)29-21(25-17)26-20(28)15-8-14-11-24-27(19(14)23-10-15)12-13-4-2-1-3-5-13/h1-11H,12H2,(H,25,26,28). The number of benzene rings is 2. The van der Waals surface area contributed by atoms with Crippen LogP contribution in [0.5, 0.6) is 0 Å². The van der Waals surface area contributed by atoms with Crippen molar-refractivity contribution in [3.05, 3.63) is 83.9 Å². The summed E-state index contributed by atoms with van der Waals surface area (Å²) in [5.74, 6) is -0.657. The molecule has 5 aromatic rings. The first kappa shape index (κ1) is 17.4. The summed E-state index contributed by atoms with van der Waals surface area (Å²) >= 11 is 1.22. The minimum absolute atomic E-state index is 0.324. The SMILES string of the molecule is O=C(Nc1nc2ccc(F)cc2s1)c1cnc2c(cnn2Cc2ccccc2)c1. The molecule has 6 nitrogen and oxygen atoms in total. The molecule has 5 rings (SSSR count). The number of halogens is 1. The molecule has 142 valence electrons. The number of fused-ring (bicyclic) bond motifs is 2. The molecule has 0 radical (unpaired) electrons. The fourth-order valence-corrected chi connectivity index (χ4v) is 3.98. The second-order valence-corrected chi connectivity index (χ2v) is 7.54. The van der Waals surface area contributed by atoms with Crippen LogP contribution in [-0.4, -0.2) is 25.7 Å². The van der Waals surface area contributed by atoms with Gasteiger partial charge in [0.15, 0.2) is 10.8 Å². The lowest BCUT2D eigenvalue weighted by atomic mass is 10.2. The largest absolute Gasteiger partial charge is 0.298 e. The van der Waals surface area contributed by atoms with Crippen LogP contribution in [0, 0.1) is 5.82 Å². The van der Waals surface area contributed by atoms with Gasteiger partial charge in [0.2, 0.25) is 0 Å². The Morgan fingerprint density at radius 3 is 2.83 bits per heavy atom. The van der Waals surface area contributed by atoms with Crippen LogP contribution in [0.1, 0.15) is 15.9 Å². The molecule has 1 N–H and O–H groups in total. The van der Waals surface area contributed by atoms with Gasteiger partial charge in [0.1, 0.15) is 5.82 Å². The number of thiazole rings is 1. The third-order valence-corrected chi connectivity index (χ3v) is 5.42. The maximum atomic E-state index is 13.3. The van der Waals surface area contributed by atoms with Crippen molar-refractivity contribution in [2.24, 2.45) is 0 Å². The van der Waals surface area contributed by atoms with Gasteiger partial charge in [-0.15, -0.1) is 0 Å². The molecule has 3 aromatic heterocycles. The first-order valence-corrected chi connectivity index (χ1v) is 9.70. The third kappa shape index (κ3) is 3.45. The number of carbonyl (C=O) groups excluding carboxylic acids is 1. The van der Waals surface area contributed by atoms with Crippen molar-refractivity contribution in [3.8, 4) is 0 Å². The lowest BCUT2D eigenvalue weighted by Crippen LogP contribution is -2.12. The zero-order chi connectivity index (χ0) is 19.8. The Balaban J connectivity index is 1.38. The second kappa shape index (κ2) is 7.06. The molecule has 0 atom stereocenters. The zero-order valence-electron chi connectivity index (χ0n) is 15.0. The summed E-state index contributed by atoms with van der Waals surface area (Å²) in [5, 5.41) is 8.34. The zero-order valence-corrected chi connectivity index (χ0v) is 15.9. The van der Waals surface area contributed by atoms with Gasteiger partial charge in [-0.25, -0.2) is 19.0 Å². The van der Waals surface area contributed by atoms with E-state index in [-0.39, 0.29) is 11.7 Å². The van der Waals surface area contributed by atoms with Gasteiger partial charge in [0, 0.05) is 11.6 Å². The molecular formula is C21H14FN5OS. The molecule has 2 aromatic carbocycles. The Morgan fingerprint density at radius 2 is 1.97 bits per heavy atom. The molecule has 0 saturated carbocycles. The van der Waals surface area contributed by atoms with Gasteiger partial charge in [-0.3, -0.25) is 10.1 Å². The summed E-state index contributed by atoms with van der Waals surface area (Å²) < 4.78 is 15.8. The van der Waals surface area contributed by atoms with Gasteiger partial charge in [0.25, 0.3) is 5.91 Å². The first-order valence-electron chi connectivity index (χ1n) is 8.89. The highest BCUT2D eigenvalue weighted by Crippen LogP contribution is 2.27. The number of carbonyl (C=O) groups is 1. The van der Waals surface area contributed by atoms with E-state index in [1.165, 1.54) is 29.7 Å². The quantitative estimate of drug-likeness (QED) is 0.480. The molecule has 8 heteroatoms. The van der Waals surface area contributed by atoms with Gasteiger partial charge < -0.3 is 0 Å². The molecule has 3 heterocycles. The third-order valence-electron chi connectivity index (χ3n) is 4.48. The van der Waals surface area contributed by atoms with Crippen LogP contribution in [-0.2, 0) is 6.54 Å². The van der Waals surface area contributed by atoms with Crippen molar-refractivity contribution in [2.45, 2.75) is 6.54 Å². The van der Waals surface area contributed by atoms with E-state index in [1.807, 2.05) is 30.3 Å². The summed E-state index contributed by atoms with van der Waals surface area (Å²) in [4.78, 5) is 21.4. The average Bonchev–Trinajstić information content (AvgIpc) is 3.31. The van der Waals surface area contributed by atoms with E-state index in [1.54, 1.807) is 23.0 Å². The van der Waals surface area contributed by atoms with Crippen LogP contribution in [0.4, 0.5) is 9.52 Å². The Hall–Kier alpha value is -3.65. The number of hydrogen-bond donors (Lipinski definition) is 1. The van der Waals surface area contributed by atoms with Crippen molar-refractivity contribution in [1.29, 1.82) is 0 Å². The highest BCUT2D eigenvalue weighted by atomic mass is 32.1. The maximum Gasteiger partial charge on any atom is 0.259 e. The van der Waals surface area contributed by atoms with Gasteiger partial charge in [-0.05, 0) is 29.8 Å². The summed E-state index contributed by atoms with van der Waals surface area (Å²) in [6.07, 6.45) is 3.22. The summed E-state index contributed by atoms with van der Waals surface area (Å²) in [5.41, 5.74) is 2.87. The molecule has 0 aliphatic heterocycles. The molecule has 1 amide bonds. The topological polar surface area (TPSA) is 72.7 Å². The molecule has 0 bridgehead atoms. The van der Waals surface area contributed by atoms with E-state index in [4.69, 9.17) is 0 Å². The van der Waals surface area contributed by atoms with Crippen molar-refractivity contribution in [3.63, 3.8) is 0 Å². The van der Waals surface area contributed by atoms with Crippen LogP contribution in [0.15, 0.2) is 67.0 Å². The van der Waals surface area contributed by atoms with Crippen LogP contribution in [0.2, 0.25) is 0 Å². The van der Waals surface area contributed by atoms with Crippen LogP contribution in [0.25, 0.3) is 21.3 Å². The van der Waals surface area contributed by atoms with E-state index >= 15 is 0 Å². The lowest BCUT2D eigenvalue weighted by Gasteiger charge is -2.04. The van der Waals surface area contributed by atoms with Crippen molar-refractivity contribution in [1.82, 2.24) is 19.7 Å². The van der Waals surface area contributed by atoms with Crippen LogP contribution >= 0.6 is 11.3 Å². The Kier molecular flexibility index (Phi) is 4.25. The summed E-state index contributed by atoms with van der Waals surface area (Å²) in [6.45, 7) is 0.602. The molecule has 0 aliphatic rings. The number of aromatic nitrogens is 4. The van der Waals surface area contributed by atoms with Crippen molar-refractivity contribution < 1.29 is 9.18 Å². The predicted octanol–water partition coefficient (Wildman–Crippen LogP) is 4.48. The van der Waals surface area contributed by atoms with Crippen molar-refractivity contribution >= 4 is 43.6 Å². The number of hydrogen-bond acceptors (Lipinski definition) is 5. The minimum Gasteiger partial charge on any atom is -0.298 e. The summed E-state index contributed by atoms with van der Waals surface area (Å²) in [6, 6.07) is 16.1. The lowest BCUT2D eigenvalue weighted by molar-refractivity contribution is 0.102. The number of anilines is 1. The number of nitrogens with one attached hydrogen (secondary N) is 1. The van der Waals surface area contributed by atoms with E-state index in [9.17, 15) is 9.18 Å². The fourth-order valence-electron chi connectivity index (χ4n) is 3.09. The minimum atomic E-state index is -0.332. The van der Waals surface area contributed by atoms with Crippen LogP contribution in [0.3, 0.4) is 0 Å². The molecule has 0 spiro atoms. The number of nitrogens with zero attached hydrogens (tertiary/aromatic N) is 4. The van der Waals surface area contributed by atoms with E-state index in [0.29, 0.717) is 33.1 Å². The number of pyridine rings is 1. The summed E-state index contributed by atoms with van der Waals surface area (Å²) in [7, 11) is 0. The normalized spacial score (nSPS) is 11.2. The smallest absolute Gasteiger partial charge is 0.259 e. The molecule has 0 unspecified atom stereocenters. The molecular weight excluding hydrogens is 389 g/mol. The first-order chi connectivity index (χ1) is 14.2. The molecule has 0 fully saturated rings. The predicted molar refractivity (Wildman–Crippen MR) is 111 cm³/mol. The maximum absolute atomic E-state index is 13.3. The molecule has 0 saturated heterocycles. The van der Waals surface area contributed by atoms with Gasteiger partial charge in [0.05, 0.1) is 28.5 Å². The van der Waals surface area contributed by atoms with E-state index in [0.717, 1.165) is 10.9 Å². The van der Waals surface area contributed by atoms with E-state index in [2.05, 4.69) is 20.4 Å². The Morgan fingerprint density at radius 1 is 1.10 bits per heavy atom. The van der Waals surface area contributed by atoms with E-state index < -0.39 is 0 Å². The Bertz CT molecular complexity index is 1350.